The lowest BCUT2D eigenvalue weighted by molar-refractivity contribution is 0.0797. The molecule has 0 aromatic rings. The zero-order valence-corrected chi connectivity index (χ0v) is 9.04. The van der Waals surface area contributed by atoms with E-state index < -0.39 is 0 Å². The molecule has 0 spiro atoms. The molecule has 1 saturated carbocycles. The maximum Gasteiger partial charge on any atom is 0.0263 e. The molecule has 2 heteroatoms. The molecular formula is C12H22N2. The monoisotopic (exact) mass is 194 g/mol. The fraction of sp³-hybridized carbons (Fsp3) is 1.00. The summed E-state index contributed by atoms with van der Waals surface area (Å²) in [5, 5.41) is 3.58. The van der Waals surface area contributed by atoms with E-state index in [4.69, 9.17) is 0 Å². The summed E-state index contributed by atoms with van der Waals surface area (Å²) in [4.78, 5) is 2.85. The quantitative estimate of drug-likeness (QED) is 0.682. The molecule has 3 rings (SSSR count). The largest absolute Gasteiger partial charge is 0.315 e. The minimum atomic E-state index is 0.895. The summed E-state index contributed by atoms with van der Waals surface area (Å²) in [6.07, 6.45) is 8.82. The van der Waals surface area contributed by atoms with E-state index in [-0.39, 0.29) is 0 Å². The zero-order chi connectivity index (χ0) is 9.38. The first-order valence-electron chi connectivity index (χ1n) is 6.41. The van der Waals surface area contributed by atoms with Crippen molar-refractivity contribution in [3.63, 3.8) is 0 Å². The van der Waals surface area contributed by atoms with Crippen molar-refractivity contribution >= 4 is 0 Å². The summed E-state index contributed by atoms with van der Waals surface area (Å²) in [5.41, 5.74) is 0. The summed E-state index contributed by atoms with van der Waals surface area (Å²) in [6, 6.07) is 1.84. The van der Waals surface area contributed by atoms with Gasteiger partial charge in [-0.15, -0.1) is 0 Å². The van der Waals surface area contributed by atoms with Gasteiger partial charge >= 0.3 is 0 Å². The Balaban J connectivity index is 1.70. The second-order valence-corrected chi connectivity index (χ2v) is 5.30. The highest BCUT2D eigenvalue weighted by Crippen LogP contribution is 2.33. The Hall–Kier alpha value is -0.0800. The van der Waals surface area contributed by atoms with Crippen LogP contribution in [0, 0.1) is 5.92 Å². The molecule has 2 nitrogen and oxygen atoms in total. The molecular weight excluding hydrogens is 172 g/mol. The van der Waals surface area contributed by atoms with Crippen molar-refractivity contribution in [1.82, 2.24) is 10.2 Å². The fourth-order valence-corrected chi connectivity index (χ4v) is 3.79. The predicted molar refractivity (Wildman–Crippen MR) is 58.3 cm³/mol. The number of piperidine rings is 1. The van der Waals surface area contributed by atoms with Crippen LogP contribution in [0.4, 0.5) is 0 Å². The number of likely N-dealkylation sites (tertiary alicyclic amines) is 1. The van der Waals surface area contributed by atoms with Crippen molar-refractivity contribution < 1.29 is 0 Å². The summed E-state index contributed by atoms with van der Waals surface area (Å²) in [6.45, 7) is 3.93. The van der Waals surface area contributed by atoms with Crippen LogP contribution in [0.3, 0.4) is 0 Å². The first-order chi connectivity index (χ1) is 6.95. The van der Waals surface area contributed by atoms with Crippen LogP contribution in [0.5, 0.6) is 0 Å². The molecule has 2 unspecified atom stereocenters. The van der Waals surface area contributed by atoms with E-state index in [0.29, 0.717) is 0 Å². The van der Waals surface area contributed by atoms with Crippen molar-refractivity contribution in [2.45, 2.75) is 50.6 Å². The van der Waals surface area contributed by atoms with Gasteiger partial charge in [-0.3, -0.25) is 4.90 Å². The van der Waals surface area contributed by atoms with Crippen LogP contribution in [-0.4, -0.2) is 36.6 Å². The van der Waals surface area contributed by atoms with E-state index in [2.05, 4.69) is 10.2 Å². The van der Waals surface area contributed by atoms with Crippen LogP contribution in [0.1, 0.15) is 38.5 Å². The topological polar surface area (TPSA) is 15.3 Å². The second kappa shape index (κ2) is 3.82. The highest BCUT2D eigenvalue weighted by Gasteiger charge is 2.38. The molecule has 2 saturated heterocycles. The Morgan fingerprint density at radius 1 is 0.929 bits per heavy atom. The van der Waals surface area contributed by atoms with Crippen molar-refractivity contribution in [3.05, 3.63) is 0 Å². The Morgan fingerprint density at radius 2 is 1.79 bits per heavy atom. The first-order valence-corrected chi connectivity index (χ1v) is 6.41. The van der Waals surface area contributed by atoms with Gasteiger partial charge in [-0.2, -0.15) is 0 Å². The smallest absolute Gasteiger partial charge is 0.0263 e. The molecule has 0 bridgehead atoms. The second-order valence-electron chi connectivity index (χ2n) is 5.30. The molecule has 1 aliphatic carbocycles. The molecule has 2 atom stereocenters. The molecule has 0 amide bonds. The Kier molecular flexibility index (Phi) is 2.50. The fourth-order valence-electron chi connectivity index (χ4n) is 3.79. The van der Waals surface area contributed by atoms with Crippen LogP contribution in [0.2, 0.25) is 0 Å². The molecule has 0 aromatic carbocycles. The Morgan fingerprint density at radius 3 is 2.64 bits per heavy atom. The molecule has 0 aromatic heterocycles. The number of nitrogens with zero attached hydrogens (tertiary/aromatic N) is 1. The van der Waals surface area contributed by atoms with Crippen LogP contribution < -0.4 is 5.32 Å². The summed E-state index contributed by atoms with van der Waals surface area (Å²) in [5.74, 6) is 0.976. The highest BCUT2D eigenvalue weighted by atomic mass is 15.2. The molecule has 2 heterocycles. The maximum atomic E-state index is 3.58. The minimum absolute atomic E-state index is 0.895. The number of rotatable bonds is 1. The molecule has 14 heavy (non-hydrogen) atoms. The lowest BCUT2D eigenvalue weighted by Crippen LogP contribution is -2.49. The number of fused-ring (bicyclic) bond motifs is 1. The van der Waals surface area contributed by atoms with Crippen LogP contribution >= 0.6 is 0 Å². The Bertz CT molecular complexity index is 198. The van der Waals surface area contributed by atoms with Gasteiger partial charge in [-0.05, 0) is 44.7 Å². The normalized spacial score (nSPS) is 40.3. The lowest BCUT2D eigenvalue weighted by Gasteiger charge is -2.41. The molecule has 0 radical (unpaired) electrons. The lowest BCUT2D eigenvalue weighted by atomic mass is 9.90. The van der Waals surface area contributed by atoms with E-state index in [1.807, 2.05) is 0 Å². The summed E-state index contributed by atoms with van der Waals surface area (Å²) >= 11 is 0. The third kappa shape index (κ3) is 1.49. The van der Waals surface area contributed by atoms with Gasteiger partial charge in [0.2, 0.25) is 0 Å². The van der Waals surface area contributed by atoms with Gasteiger partial charge in [-0.25, -0.2) is 0 Å². The molecule has 3 fully saturated rings. The molecule has 80 valence electrons. The van der Waals surface area contributed by atoms with Crippen molar-refractivity contribution in [2.24, 2.45) is 5.92 Å². The van der Waals surface area contributed by atoms with Crippen molar-refractivity contribution in [2.75, 3.05) is 19.6 Å². The van der Waals surface area contributed by atoms with Gasteiger partial charge in [0, 0.05) is 18.6 Å². The first kappa shape index (κ1) is 9.17. The van der Waals surface area contributed by atoms with Gasteiger partial charge in [0.25, 0.3) is 0 Å². The minimum Gasteiger partial charge on any atom is -0.315 e. The van der Waals surface area contributed by atoms with Crippen molar-refractivity contribution in [3.8, 4) is 0 Å². The third-order valence-electron chi connectivity index (χ3n) is 4.52. The van der Waals surface area contributed by atoms with E-state index in [1.54, 1.807) is 0 Å². The standard InChI is InChI=1S/C12H22N2/c1-2-6-11(5-1)14-7-3-4-10-8-13-9-12(10)14/h10-13H,1-9H2. The van der Waals surface area contributed by atoms with Gasteiger partial charge in [-0.1, -0.05) is 12.8 Å². The van der Waals surface area contributed by atoms with Gasteiger partial charge < -0.3 is 5.32 Å². The highest BCUT2D eigenvalue weighted by molar-refractivity contribution is 4.95. The average Bonchev–Trinajstić information content (AvgIpc) is 2.88. The number of nitrogens with one attached hydrogen (secondary N) is 1. The van der Waals surface area contributed by atoms with E-state index in [1.165, 1.54) is 58.2 Å². The zero-order valence-electron chi connectivity index (χ0n) is 9.04. The summed E-state index contributed by atoms with van der Waals surface area (Å²) in [7, 11) is 0. The van der Waals surface area contributed by atoms with Gasteiger partial charge in [0.05, 0.1) is 0 Å². The van der Waals surface area contributed by atoms with Crippen molar-refractivity contribution in [1.29, 1.82) is 0 Å². The van der Waals surface area contributed by atoms with E-state index in [0.717, 1.165) is 18.0 Å². The average molecular weight is 194 g/mol. The van der Waals surface area contributed by atoms with Crippen LogP contribution in [0.15, 0.2) is 0 Å². The Labute approximate surface area is 87.0 Å². The SMILES string of the molecule is C1CCC(N2CCCC3CNCC32)C1. The maximum absolute atomic E-state index is 3.58. The molecule has 1 N–H and O–H groups in total. The molecule has 3 aliphatic rings. The number of hydrogen-bond acceptors (Lipinski definition) is 2. The van der Waals surface area contributed by atoms with Gasteiger partial charge in [0.1, 0.15) is 0 Å². The van der Waals surface area contributed by atoms with E-state index >= 15 is 0 Å². The summed E-state index contributed by atoms with van der Waals surface area (Å²) < 4.78 is 0. The van der Waals surface area contributed by atoms with Gasteiger partial charge in [0.15, 0.2) is 0 Å². The van der Waals surface area contributed by atoms with Crippen LogP contribution in [-0.2, 0) is 0 Å². The predicted octanol–water partition coefficient (Wildman–Crippen LogP) is 1.61. The third-order valence-corrected chi connectivity index (χ3v) is 4.52. The van der Waals surface area contributed by atoms with E-state index in [9.17, 15) is 0 Å². The molecule has 2 aliphatic heterocycles. The number of hydrogen-bond donors (Lipinski definition) is 1. The van der Waals surface area contributed by atoms with Crippen LogP contribution in [0.25, 0.3) is 0 Å².